The Kier molecular flexibility index (Phi) is 7.26. The molecule has 1 atom stereocenters. The Labute approximate surface area is 215 Å². The number of nitrogens with zero attached hydrogens (tertiary/aromatic N) is 3. The third-order valence-electron chi connectivity index (χ3n) is 6.35. The number of hydrogen-bond donors (Lipinski definition) is 1. The maximum absolute atomic E-state index is 13.5. The summed E-state index contributed by atoms with van der Waals surface area (Å²) < 4.78 is 73.5. The smallest absolute Gasteiger partial charge is 0.475 e. The van der Waals surface area contributed by atoms with Gasteiger partial charge in [0, 0.05) is 37.6 Å². The summed E-state index contributed by atoms with van der Waals surface area (Å²) in [7, 11) is -3.74. The molecule has 3 heterocycles. The molecule has 13 heteroatoms. The van der Waals surface area contributed by atoms with Gasteiger partial charge in [-0.25, -0.2) is 17.6 Å². The lowest BCUT2D eigenvalue weighted by Gasteiger charge is -2.34. The number of fused-ring (bicyclic) bond motifs is 2. The van der Waals surface area contributed by atoms with Crippen LogP contribution in [0.4, 0.5) is 17.6 Å². The molecule has 2 aliphatic heterocycles. The van der Waals surface area contributed by atoms with E-state index in [4.69, 9.17) is 9.90 Å². The lowest BCUT2D eigenvalue weighted by atomic mass is 9.88. The van der Waals surface area contributed by atoms with Gasteiger partial charge in [-0.1, -0.05) is 24.3 Å². The van der Waals surface area contributed by atoms with Crippen molar-refractivity contribution >= 4 is 21.9 Å². The number of carbonyl (C=O) groups is 2. The van der Waals surface area contributed by atoms with E-state index < -0.39 is 33.5 Å². The van der Waals surface area contributed by atoms with E-state index in [1.165, 1.54) is 28.6 Å². The molecule has 1 unspecified atom stereocenters. The van der Waals surface area contributed by atoms with Crippen LogP contribution >= 0.6 is 0 Å². The van der Waals surface area contributed by atoms with Crippen molar-refractivity contribution in [3.05, 3.63) is 95.6 Å². The molecule has 1 saturated heterocycles. The molecule has 1 amide bonds. The van der Waals surface area contributed by atoms with E-state index in [1.54, 1.807) is 35.5 Å². The van der Waals surface area contributed by atoms with Gasteiger partial charge in [-0.3, -0.25) is 9.78 Å². The predicted molar refractivity (Wildman–Crippen MR) is 126 cm³/mol. The van der Waals surface area contributed by atoms with Crippen molar-refractivity contribution in [1.29, 1.82) is 0 Å². The molecular weight excluding hydrogens is 530 g/mol. The summed E-state index contributed by atoms with van der Waals surface area (Å²) in [6, 6.07) is 16.0. The number of benzene rings is 2. The number of carboxylic acid groups (broad SMARTS) is 1. The number of likely N-dealkylation sites (tertiary alicyclic amines) is 1. The highest BCUT2D eigenvalue weighted by molar-refractivity contribution is 7.89. The largest absolute Gasteiger partial charge is 0.490 e. The first kappa shape index (κ1) is 27.2. The number of alkyl halides is 3. The molecule has 5 rings (SSSR count). The van der Waals surface area contributed by atoms with Crippen molar-refractivity contribution in [2.75, 3.05) is 13.1 Å². The second-order valence-corrected chi connectivity index (χ2v) is 10.5. The molecular formula is C25H21F4N3O5S. The van der Waals surface area contributed by atoms with Crippen LogP contribution in [0.5, 0.6) is 0 Å². The van der Waals surface area contributed by atoms with E-state index in [1.807, 2.05) is 18.2 Å². The topological polar surface area (TPSA) is 108 Å². The number of sulfonamides is 1. The van der Waals surface area contributed by atoms with Gasteiger partial charge in [0.1, 0.15) is 5.82 Å². The first-order valence-electron chi connectivity index (χ1n) is 11.2. The van der Waals surface area contributed by atoms with Crippen LogP contribution in [-0.4, -0.2) is 58.9 Å². The lowest BCUT2D eigenvalue weighted by molar-refractivity contribution is -0.192. The molecule has 2 aliphatic rings. The summed E-state index contributed by atoms with van der Waals surface area (Å²) in [6.45, 7) is 0.812. The minimum absolute atomic E-state index is 0.170. The molecule has 1 spiro atoms. The first-order valence-corrected chi connectivity index (χ1v) is 12.7. The standard InChI is InChI=1S/C23H20FN3O3S.C2HF3O2/c24-19-9-7-18(8-10-19)22(28)26-13-11-23(16-26)20-5-1-2-6-21(20)31(29,30)27(23)15-17-4-3-12-25-14-17;3-2(4,5)1(6)7/h1-10,12,14H,11,13,15-16H2;(H,6,7). The number of carbonyl (C=O) groups excluding carboxylic acids is 1. The summed E-state index contributed by atoms with van der Waals surface area (Å²) >= 11 is 0. The van der Waals surface area contributed by atoms with Gasteiger partial charge < -0.3 is 10.0 Å². The molecule has 38 heavy (non-hydrogen) atoms. The molecule has 1 aromatic heterocycles. The van der Waals surface area contributed by atoms with E-state index in [0.717, 1.165) is 5.56 Å². The Bertz CT molecular complexity index is 1450. The molecule has 1 fully saturated rings. The van der Waals surface area contributed by atoms with Crippen molar-refractivity contribution in [2.24, 2.45) is 0 Å². The van der Waals surface area contributed by atoms with E-state index in [-0.39, 0.29) is 23.9 Å². The van der Waals surface area contributed by atoms with Crippen molar-refractivity contribution in [2.45, 2.75) is 29.6 Å². The molecule has 0 radical (unpaired) electrons. The molecule has 0 saturated carbocycles. The van der Waals surface area contributed by atoms with Crippen molar-refractivity contribution in [3.8, 4) is 0 Å². The second-order valence-electron chi connectivity index (χ2n) is 8.69. The Hall–Kier alpha value is -3.84. The number of halogens is 4. The maximum atomic E-state index is 13.5. The zero-order valence-electron chi connectivity index (χ0n) is 19.6. The highest BCUT2D eigenvalue weighted by Crippen LogP contribution is 2.50. The van der Waals surface area contributed by atoms with E-state index in [9.17, 15) is 30.8 Å². The SMILES string of the molecule is O=C(O)C(F)(F)F.O=C(c1ccc(F)cc1)N1CCC2(C1)c1ccccc1S(=O)(=O)N2Cc1cccnc1. The third-order valence-corrected chi connectivity index (χ3v) is 8.32. The minimum Gasteiger partial charge on any atom is -0.475 e. The fourth-order valence-electron chi connectivity index (χ4n) is 4.62. The number of pyridine rings is 1. The van der Waals surface area contributed by atoms with Crippen molar-refractivity contribution in [1.82, 2.24) is 14.2 Å². The monoisotopic (exact) mass is 551 g/mol. The van der Waals surface area contributed by atoms with Crippen molar-refractivity contribution < 1.29 is 40.7 Å². The second kappa shape index (κ2) is 10.1. The van der Waals surface area contributed by atoms with Gasteiger partial charge in [-0.2, -0.15) is 17.5 Å². The summed E-state index contributed by atoms with van der Waals surface area (Å²) in [5.74, 6) is -3.40. The zero-order chi connectivity index (χ0) is 27.7. The van der Waals surface area contributed by atoms with Crippen LogP contribution < -0.4 is 0 Å². The van der Waals surface area contributed by atoms with Crippen LogP contribution in [0.2, 0.25) is 0 Å². The van der Waals surface area contributed by atoms with Gasteiger partial charge >= 0.3 is 12.1 Å². The molecule has 200 valence electrons. The predicted octanol–water partition coefficient (Wildman–Crippen LogP) is 3.80. The number of carboxylic acids is 1. The lowest BCUT2D eigenvalue weighted by Crippen LogP contribution is -2.46. The van der Waals surface area contributed by atoms with E-state index in [0.29, 0.717) is 24.1 Å². The van der Waals surface area contributed by atoms with Crippen LogP contribution in [0, 0.1) is 5.82 Å². The molecule has 0 bridgehead atoms. The Morgan fingerprint density at radius 2 is 1.68 bits per heavy atom. The number of aromatic nitrogens is 1. The first-order chi connectivity index (χ1) is 17.9. The van der Waals surface area contributed by atoms with Gasteiger partial charge in [0.15, 0.2) is 0 Å². The Morgan fingerprint density at radius 3 is 2.29 bits per heavy atom. The van der Waals surface area contributed by atoms with Crippen LogP contribution in [-0.2, 0) is 26.9 Å². The van der Waals surface area contributed by atoms with Gasteiger partial charge in [0.25, 0.3) is 5.91 Å². The number of aliphatic carboxylic acids is 1. The maximum Gasteiger partial charge on any atom is 0.490 e. The highest BCUT2D eigenvalue weighted by atomic mass is 32.2. The summed E-state index contributed by atoms with van der Waals surface area (Å²) in [6.07, 6.45) is -1.30. The van der Waals surface area contributed by atoms with Gasteiger partial charge in [0.05, 0.1) is 10.4 Å². The average molecular weight is 552 g/mol. The normalized spacial score (nSPS) is 20.1. The molecule has 1 N–H and O–H groups in total. The van der Waals surface area contributed by atoms with Gasteiger partial charge in [-0.05, 0) is 53.9 Å². The molecule has 8 nitrogen and oxygen atoms in total. The quantitative estimate of drug-likeness (QED) is 0.497. The highest BCUT2D eigenvalue weighted by Gasteiger charge is 2.57. The van der Waals surface area contributed by atoms with Crippen LogP contribution in [0.1, 0.15) is 27.9 Å². The van der Waals surface area contributed by atoms with Crippen LogP contribution in [0.25, 0.3) is 0 Å². The van der Waals surface area contributed by atoms with E-state index >= 15 is 0 Å². The summed E-state index contributed by atoms with van der Waals surface area (Å²) in [5, 5.41) is 7.12. The molecule has 3 aromatic rings. The fourth-order valence-corrected chi connectivity index (χ4v) is 6.67. The minimum atomic E-state index is -5.08. The number of rotatable bonds is 3. The van der Waals surface area contributed by atoms with Gasteiger partial charge in [0.2, 0.25) is 10.0 Å². The third kappa shape index (κ3) is 5.11. The van der Waals surface area contributed by atoms with Crippen LogP contribution in [0.15, 0.2) is 78.0 Å². The summed E-state index contributed by atoms with van der Waals surface area (Å²) in [5.41, 5.74) is 1.03. The average Bonchev–Trinajstić information content (AvgIpc) is 3.40. The number of amides is 1. The Morgan fingerprint density at radius 1 is 1.03 bits per heavy atom. The Balaban J connectivity index is 0.000000426. The summed E-state index contributed by atoms with van der Waals surface area (Å²) in [4.78, 5) is 28.0. The molecule has 0 aliphatic carbocycles. The molecule has 2 aromatic carbocycles. The number of hydrogen-bond acceptors (Lipinski definition) is 5. The zero-order valence-corrected chi connectivity index (χ0v) is 20.4. The van der Waals surface area contributed by atoms with Gasteiger partial charge in [-0.15, -0.1) is 0 Å². The van der Waals surface area contributed by atoms with Crippen LogP contribution in [0.3, 0.4) is 0 Å². The van der Waals surface area contributed by atoms with E-state index in [2.05, 4.69) is 4.98 Å². The fraction of sp³-hybridized carbons (Fsp3) is 0.240. The van der Waals surface area contributed by atoms with Crippen molar-refractivity contribution in [3.63, 3.8) is 0 Å².